The summed E-state index contributed by atoms with van der Waals surface area (Å²) in [5.41, 5.74) is 19.5. The third kappa shape index (κ3) is 2.76. The molecule has 7 N–H and O–H groups in total. The van der Waals surface area contributed by atoms with Gasteiger partial charge in [0.25, 0.3) is 0 Å². The Morgan fingerprint density at radius 1 is 1.24 bits per heavy atom. The van der Waals surface area contributed by atoms with Crippen molar-refractivity contribution < 1.29 is 0 Å². The number of H-pyrrole nitrogens is 1. The van der Waals surface area contributed by atoms with E-state index < -0.39 is 0 Å². The van der Waals surface area contributed by atoms with Crippen molar-refractivity contribution in [3.63, 3.8) is 0 Å². The summed E-state index contributed by atoms with van der Waals surface area (Å²) in [5.74, 6) is 0.131. The van der Waals surface area contributed by atoms with Crippen LogP contribution in [0.5, 0.6) is 0 Å². The van der Waals surface area contributed by atoms with E-state index in [0.29, 0.717) is 13.1 Å². The van der Waals surface area contributed by atoms with Crippen LogP contribution in [0.1, 0.15) is 11.3 Å². The monoisotopic (exact) mass is 231 g/mol. The van der Waals surface area contributed by atoms with Crippen LogP contribution in [0, 0.1) is 0 Å². The maximum Gasteiger partial charge on any atom is 0.185 e. The van der Waals surface area contributed by atoms with E-state index in [0.717, 1.165) is 23.2 Å². The molecular weight excluding hydrogens is 214 g/mol. The molecule has 0 bridgehead atoms. The van der Waals surface area contributed by atoms with Crippen molar-refractivity contribution in [1.82, 2.24) is 4.98 Å². The number of nitrogens with zero attached hydrogens (tertiary/aromatic N) is 1. The van der Waals surface area contributed by atoms with E-state index in [2.05, 4.69) is 28.2 Å². The molecule has 2 aromatic rings. The lowest BCUT2D eigenvalue weighted by atomic mass is 10.1. The predicted octanol–water partition coefficient (Wildman–Crippen LogP) is 0.443. The average molecular weight is 231 g/mol. The van der Waals surface area contributed by atoms with Crippen molar-refractivity contribution >= 4 is 16.9 Å². The van der Waals surface area contributed by atoms with Crippen LogP contribution in [0.25, 0.3) is 10.9 Å². The summed E-state index contributed by atoms with van der Waals surface area (Å²) >= 11 is 0. The van der Waals surface area contributed by atoms with Crippen LogP contribution in [0.3, 0.4) is 0 Å². The molecule has 0 radical (unpaired) electrons. The van der Waals surface area contributed by atoms with Gasteiger partial charge in [0.15, 0.2) is 5.96 Å². The molecule has 0 aliphatic rings. The Morgan fingerprint density at radius 3 is 2.76 bits per heavy atom. The third-order valence-corrected chi connectivity index (χ3v) is 2.65. The Kier molecular flexibility index (Phi) is 3.30. The van der Waals surface area contributed by atoms with Gasteiger partial charge in [-0.25, -0.2) is 0 Å². The molecule has 1 heterocycles. The van der Waals surface area contributed by atoms with E-state index >= 15 is 0 Å². The second-order valence-corrected chi connectivity index (χ2v) is 3.98. The molecule has 17 heavy (non-hydrogen) atoms. The molecule has 0 aliphatic carbocycles. The Morgan fingerprint density at radius 2 is 2.06 bits per heavy atom. The van der Waals surface area contributed by atoms with Gasteiger partial charge in [-0.2, -0.15) is 0 Å². The van der Waals surface area contributed by atoms with Gasteiger partial charge in [-0.3, -0.25) is 4.99 Å². The van der Waals surface area contributed by atoms with Crippen LogP contribution in [-0.2, 0) is 13.0 Å². The number of aliphatic imine (C=N–C) groups is 1. The number of aromatic amines is 1. The maximum absolute atomic E-state index is 5.60. The lowest BCUT2D eigenvalue weighted by Gasteiger charge is -1.95. The minimum absolute atomic E-state index is 0.131. The summed E-state index contributed by atoms with van der Waals surface area (Å²) in [4.78, 5) is 7.29. The number of hydrogen-bond donors (Lipinski definition) is 4. The predicted molar refractivity (Wildman–Crippen MR) is 70.6 cm³/mol. The highest BCUT2D eigenvalue weighted by molar-refractivity contribution is 5.81. The van der Waals surface area contributed by atoms with E-state index in [1.807, 2.05) is 6.07 Å². The molecular formula is C12H17N5. The molecule has 90 valence electrons. The standard InChI is InChI=1S/C12H17N5/c13-7-8-1-2-9-6-10(17-11(9)5-8)3-4-16-12(14)15/h1-2,5-6,17H,3-4,7,13H2,(H4,14,15,16). The number of nitrogens with two attached hydrogens (primary N) is 3. The van der Waals surface area contributed by atoms with Crippen LogP contribution in [0.4, 0.5) is 0 Å². The van der Waals surface area contributed by atoms with Gasteiger partial charge in [-0.05, 0) is 23.1 Å². The summed E-state index contributed by atoms with van der Waals surface area (Å²) in [6.45, 7) is 1.15. The highest BCUT2D eigenvalue weighted by Crippen LogP contribution is 2.17. The number of guanidine groups is 1. The van der Waals surface area contributed by atoms with Gasteiger partial charge in [-0.1, -0.05) is 12.1 Å². The van der Waals surface area contributed by atoms with Gasteiger partial charge in [0.05, 0.1) is 0 Å². The molecule has 0 amide bonds. The number of rotatable bonds is 4. The van der Waals surface area contributed by atoms with Crippen molar-refractivity contribution in [2.45, 2.75) is 13.0 Å². The average Bonchev–Trinajstić information content (AvgIpc) is 2.69. The first-order chi connectivity index (χ1) is 8.19. The second kappa shape index (κ2) is 4.88. The second-order valence-electron chi connectivity index (χ2n) is 3.98. The van der Waals surface area contributed by atoms with Gasteiger partial charge >= 0.3 is 0 Å². The first kappa shape index (κ1) is 11.5. The molecule has 5 nitrogen and oxygen atoms in total. The molecule has 0 atom stereocenters. The highest BCUT2D eigenvalue weighted by Gasteiger charge is 2.01. The number of aromatic nitrogens is 1. The van der Waals surface area contributed by atoms with Crippen molar-refractivity contribution in [1.29, 1.82) is 0 Å². The summed E-state index contributed by atoms with van der Waals surface area (Å²) in [6.07, 6.45) is 0.796. The Labute approximate surface area is 99.7 Å². The number of benzene rings is 1. The molecule has 0 unspecified atom stereocenters. The van der Waals surface area contributed by atoms with Crippen molar-refractivity contribution in [3.8, 4) is 0 Å². The van der Waals surface area contributed by atoms with Crippen molar-refractivity contribution in [2.24, 2.45) is 22.2 Å². The summed E-state index contributed by atoms with van der Waals surface area (Å²) in [5, 5.41) is 1.18. The van der Waals surface area contributed by atoms with Crippen LogP contribution < -0.4 is 17.2 Å². The first-order valence-electron chi connectivity index (χ1n) is 5.55. The molecule has 2 rings (SSSR count). The zero-order chi connectivity index (χ0) is 12.3. The maximum atomic E-state index is 5.60. The molecule has 0 aliphatic heterocycles. The van der Waals surface area contributed by atoms with Crippen LogP contribution in [0.2, 0.25) is 0 Å². The summed E-state index contributed by atoms with van der Waals surface area (Å²) in [7, 11) is 0. The summed E-state index contributed by atoms with van der Waals surface area (Å²) < 4.78 is 0. The van der Waals surface area contributed by atoms with Gasteiger partial charge < -0.3 is 22.2 Å². The molecule has 0 spiro atoms. The fraction of sp³-hybridized carbons (Fsp3) is 0.250. The van der Waals surface area contributed by atoms with E-state index in [4.69, 9.17) is 17.2 Å². The molecule has 0 fully saturated rings. The van der Waals surface area contributed by atoms with Crippen LogP contribution in [0.15, 0.2) is 29.3 Å². The molecule has 1 aromatic heterocycles. The quantitative estimate of drug-likeness (QED) is 0.453. The van der Waals surface area contributed by atoms with Gasteiger partial charge in [0.2, 0.25) is 0 Å². The minimum atomic E-state index is 0.131. The molecule has 1 aromatic carbocycles. The zero-order valence-corrected chi connectivity index (χ0v) is 9.61. The van der Waals surface area contributed by atoms with Gasteiger partial charge in [-0.15, -0.1) is 0 Å². The molecule has 5 heteroatoms. The van der Waals surface area contributed by atoms with E-state index in [-0.39, 0.29) is 5.96 Å². The summed E-state index contributed by atoms with van der Waals surface area (Å²) in [6, 6.07) is 8.28. The molecule has 0 saturated heterocycles. The van der Waals surface area contributed by atoms with E-state index in [9.17, 15) is 0 Å². The van der Waals surface area contributed by atoms with Gasteiger partial charge in [0.1, 0.15) is 0 Å². The fourth-order valence-electron chi connectivity index (χ4n) is 1.80. The van der Waals surface area contributed by atoms with Crippen LogP contribution in [-0.4, -0.2) is 17.5 Å². The van der Waals surface area contributed by atoms with E-state index in [1.165, 1.54) is 5.39 Å². The van der Waals surface area contributed by atoms with E-state index in [1.54, 1.807) is 0 Å². The Bertz CT molecular complexity index is 537. The number of hydrogen-bond acceptors (Lipinski definition) is 2. The van der Waals surface area contributed by atoms with Crippen LogP contribution >= 0.6 is 0 Å². The topological polar surface area (TPSA) is 106 Å². The smallest absolute Gasteiger partial charge is 0.185 e. The van der Waals surface area contributed by atoms with Gasteiger partial charge in [0, 0.05) is 30.7 Å². The lowest BCUT2D eigenvalue weighted by Crippen LogP contribution is -2.23. The van der Waals surface area contributed by atoms with Crippen molar-refractivity contribution in [3.05, 3.63) is 35.5 Å². The van der Waals surface area contributed by atoms with Crippen molar-refractivity contribution in [2.75, 3.05) is 6.54 Å². The zero-order valence-electron chi connectivity index (χ0n) is 9.61. The number of nitrogens with one attached hydrogen (secondary N) is 1. The highest BCUT2D eigenvalue weighted by atomic mass is 15.0. The molecule has 0 saturated carbocycles. The Balaban J connectivity index is 2.17. The first-order valence-corrected chi connectivity index (χ1v) is 5.55. The fourth-order valence-corrected chi connectivity index (χ4v) is 1.80. The Hall–Kier alpha value is -2.01. The normalized spacial score (nSPS) is 10.6. The SMILES string of the molecule is NCc1ccc2cc(CCN=C(N)N)[nH]c2c1. The largest absolute Gasteiger partial charge is 0.370 e. The third-order valence-electron chi connectivity index (χ3n) is 2.65. The lowest BCUT2D eigenvalue weighted by molar-refractivity contribution is 0.935. The minimum Gasteiger partial charge on any atom is -0.370 e. The number of fused-ring (bicyclic) bond motifs is 1.